The predicted molar refractivity (Wildman–Crippen MR) is 153 cm³/mol. The largest absolute Gasteiger partial charge is 0.350 e. The van der Waals surface area contributed by atoms with Crippen LogP contribution >= 0.6 is 23.8 Å². The number of anilines is 2. The summed E-state index contributed by atoms with van der Waals surface area (Å²) < 4.78 is 14.7. The maximum Gasteiger partial charge on any atom is 0.259 e. The Balaban J connectivity index is 1.47. The summed E-state index contributed by atoms with van der Waals surface area (Å²) in [7, 11) is 3.33. The van der Waals surface area contributed by atoms with Crippen LogP contribution in [0.4, 0.5) is 15.9 Å². The van der Waals surface area contributed by atoms with Crippen molar-refractivity contribution in [3.63, 3.8) is 0 Å². The molecule has 0 radical (unpaired) electrons. The lowest BCUT2D eigenvalue weighted by Gasteiger charge is -2.24. The van der Waals surface area contributed by atoms with Gasteiger partial charge in [-0.15, -0.1) is 0 Å². The van der Waals surface area contributed by atoms with Gasteiger partial charge in [0, 0.05) is 32.7 Å². The van der Waals surface area contributed by atoms with Crippen molar-refractivity contribution in [1.29, 1.82) is 0 Å². The molecule has 3 N–H and O–H groups in total. The Morgan fingerprint density at radius 2 is 2.08 bits per heavy atom. The number of allylic oxidation sites excluding steroid dienone is 1. The third-order valence-corrected chi connectivity index (χ3v) is 6.79. The van der Waals surface area contributed by atoms with E-state index < -0.39 is 6.04 Å². The zero-order chi connectivity index (χ0) is 27.2. The summed E-state index contributed by atoms with van der Waals surface area (Å²) in [5.41, 5.74) is 10.3. The summed E-state index contributed by atoms with van der Waals surface area (Å²) in [6, 6.07) is 9.67. The van der Waals surface area contributed by atoms with E-state index in [1.54, 1.807) is 50.8 Å². The summed E-state index contributed by atoms with van der Waals surface area (Å²) in [5, 5.41) is 3.81. The van der Waals surface area contributed by atoms with Crippen molar-refractivity contribution in [2.45, 2.75) is 25.8 Å². The van der Waals surface area contributed by atoms with Crippen LogP contribution in [-0.4, -0.2) is 41.3 Å². The Morgan fingerprint density at radius 1 is 1.26 bits per heavy atom. The number of hydrazine groups is 1. The fraction of sp³-hybridized carbons (Fsp3) is 0.222. The predicted octanol–water partition coefficient (Wildman–Crippen LogP) is 5.04. The van der Waals surface area contributed by atoms with Crippen molar-refractivity contribution in [2.75, 3.05) is 24.4 Å². The molecule has 1 aromatic carbocycles. The molecule has 0 fully saturated rings. The third kappa shape index (κ3) is 5.98. The van der Waals surface area contributed by atoms with Gasteiger partial charge in [0.1, 0.15) is 5.82 Å². The van der Waals surface area contributed by atoms with E-state index >= 15 is 0 Å². The van der Waals surface area contributed by atoms with Gasteiger partial charge in [-0.1, -0.05) is 29.3 Å². The van der Waals surface area contributed by atoms with Crippen molar-refractivity contribution in [3.05, 3.63) is 93.7 Å². The molecular formula is C27H27ClFN7OS. The highest BCUT2D eigenvalue weighted by Gasteiger charge is 2.26. The molecule has 0 bridgehead atoms. The van der Waals surface area contributed by atoms with E-state index in [2.05, 4.69) is 31.1 Å². The van der Waals surface area contributed by atoms with Gasteiger partial charge in [-0.05, 0) is 72.9 Å². The van der Waals surface area contributed by atoms with Crippen molar-refractivity contribution >= 4 is 52.6 Å². The Morgan fingerprint density at radius 3 is 2.79 bits per heavy atom. The first kappa shape index (κ1) is 27.2. The van der Waals surface area contributed by atoms with Gasteiger partial charge in [0.05, 0.1) is 28.5 Å². The standard InChI is InChI=1S/C27H27ClFN7OS/c1-16-9-10-19-20(7-4-8-23(19)29)24(21(16)15-30-2)33-27(38)35-34-25-22(28)12-18(14-32-25)36(3)26(37)17-6-5-11-31-13-17/h4-8,11-15,24H,9-10H2,1-3H3,(H,32,34)(H2,33,35,38). The topological polar surface area (TPSA) is 94.5 Å². The maximum atomic E-state index is 14.7. The highest BCUT2D eigenvalue weighted by Crippen LogP contribution is 2.33. The number of hydrogen-bond acceptors (Lipinski definition) is 6. The van der Waals surface area contributed by atoms with E-state index in [9.17, 15) is 9.18 Å². The molecule has 1 amide bonds. The number of benzene rings is 1. The van der Waals surface area contributed by atoms with Crippen LogP contribution in [0, 0.1) is 5.82 Å². The molecule has 196 valence electrons. The Bertz CT molecular complexity index is 1410. The van der Waals surface area contributed by atoms with Crippen LogP contribution in [0.5, 0.6) is 0 Å². The second-order valence-corrected chi connectivity index (χ2v) is 9.53. The van der Waals surface area contributed by atoms with Gasteiger partial charge < -0.3 is 10.2 Å². The fourth-order valence-corrected chi connectivity index (χ4v) is 4.62. The second-order valence-electron chi connectivity index (χ2n) is 8.72. The van der Waals surface area contributed by atoms with Crippen LogP contribution < -0.4 is 21.1 Å². The highest BCUT2D eigenvalue weighted by molar-refractivity contribution is 7.80. The fourth-order valence-electron chi connectivity index (χ4n) is 4.25. The zero-order valence-electron chi connectivity index (χ0n) is 21.1. The molecule has 4 rings (SSSR count). The number of aliphatic imine (C=N–C) groups is 1. The van der Waals surface area contributed by atoms with E-state index in [1.807, 2.05) is 13.0 Å². The monoisotopic (exact) mass is 551 g/mol. The van der Waals surface area contributed by atoms with Gasteiger partial charge in [0.2, 0.25) is 0 Å². The second kappa shape index (κ2) is 12.1. The molecule has 0 saturated heterocycles. The summed E-state index contributed by atoms with van der Waals surface area (Å²) in [6.07, 6.45) is 7.71. The first-order chi connectivity index (χ1) is 18.3. The number of nitrogens with one attached hydrogen (secondary N) is 3. The molecule has 1 aliphatic carbocycles. The lowest BCUT2D eigenvalue weighted by molar-refractivity contribution is 0.0992. The zero-order valence-corrected chi connectivity index (χ0v) is 22.7. The average molecular weight is 552 g/mol. The number of pyridine rings is 2. The summed E-state index contributed by atoms with van der Waals surface area (Å²) in [5.74, 6) is -0.164. The molecule has 1 unspecified atom stereocenters. The van der Waals surface area contributed by atoms with E-state index in [0.29, 0.717) is 29.1 Å². The highest BCUT2D eigenvalue weighted by atomic mass is 35.5. The number of carbonyl (C=O) groups is 1. The van der Waals surface area contributed by atoms with Crippen LogP contribution in [0.2, 0.25) is 5.02 Å². The summed E-state index contributed by atoms with van der Waals surface area (Å²) >= 11 is 12.0. The van der Waals surface area contributed by atoms with Crippen LogP contribution in [-0.2, 0) is 6.42 Å². The van der Waals surface area contributed by atoms with Gasteiger partial charge in [-0.3, -0.25) is 25.6 Å². The lowest BCUT2D eigenvalue weighted by atomic mass is 9.95. The van der Waals surface area contributed by atoms with Crippen LogP contribution in [0.25, 0.3) is 0 Å². The minimum Gasteiger partial charge on any atom is -0.350 e. The molecule has 8 nitrogen and oxygen atoms in total. The smallest absolute Gasteiger partial charge is 0.259 e. The number of nitrogens with zero attached hydrogens (tertiary/aromatic N) is 4. The quantitative estimate of drug-likeness (QED) is 0.224. The van der Waals surface area contributed by atoms with Crippen molar-refractivity contribution in [3.8, 4) is 0 Å². The molecule has 1 atom stereocenters. The van der Waals surface area contributed by atoms with Crippen molar-refractivity contribution < 1.29 is 9.18 Å². The number of carbonyl (C=O) groups excluding carboxylic acids is 1. The van der Waals surface area contributed by atoms with Gasteiger partial charge in [-0.2, -0.15) is 0 Å². The molecule has 11 heteroatoms. The SMILES string of the molecule is CN=CC1=C(C)CCc2c(F)cccc2C1NC(=S)NNc1ncc(N(C)C(=O)c2cccnc2)cc1Cl. The number of amides is 1. The number of halogens is 2. The molecule has 38 heavy (non-hydrogen) atoms. The number of fused-ring (bicyclic) bond motifs is 1. The van der Waals surface area contributed by atoms with E-state index in [0.717, 1.165) is 23.1 Å². The van der Waals surface area contributed by atoms with Crippen molar-refractivity contribution in [1.82, 2.24) is 20.7 Å². The van der Waals surface area contributed by atoms with Gasteiger partial charge >= 0.3 is 0 Å². The molecule has 2 heterocycles. The van der Waals surface area contributed by atoms with Gasteiger partial charge in [-0.25, -0.2) is 9.37 Å². The minimum absolute atomic E-state index is 0.239. The summed E-state index contributed by atoms with van der Waals surface area (Å²) in [6.45, 7) is 2.02. The van der Waals surface area contributed by atoms with Crippen molar-refractivity contribution in [2.24, 2.45) is 4.99 Å². The van der Waals surface area contributed by atoms with E-state index in [-0.39, 0.29) is 21.9 Å². The molecule has 0 saturated carbocycles. The molecular weight excluding hydrogens is 525 g/mol. The normalized spacial score (nSPS) is 15.0. The maximum absolute atomic E-state index is 14.7. The number of thiocarbonyl (C=S) groups is 1. The third-order valence-electron chi connectivity index (χ3n) is 6.29. The minimum atomic E-state index is -0.397. The van der Waals surface area contributed by atoms with E-state index in [4.69, 9.17) is 23.8 Å². The summed E-state index contributed by atoms with van der Waals surface area (Å²) in [4.78, 5) is 26.7. The first-order valence-corrected chi connectivity index (χ1v) is 12.6. The molecule has 3 aromatic rings. The van der Waals surface area contributed by atoms with E-state index in [1.165, 1.54) is 23.4 Å². The Labute approximate surface area is 231 Å². The van der Waals surface area contributed by atoms with Gasteiger partial charge in [0.15, 0.2) is 10.9 Å². The average Bonchev–Trinajstić information content (AvgIpc) is 3.05. The van der Waals surface area contributed by atoms with Crippen LogP contribution in [0.3, 0.4) is 0 Å². The lowest BCUT2D eigenvalue weighted by Crippen LogP contribution is -2.42. The Kier molecular flexibility index (Phi) is 8.65. The van der Waals surface area contributed by atoms with Gasteiger partial charge in [0.25, 0.3) is 5.91 Å². The van der Waals surface area contributed by atoms with Crippen LogP contribution in [0.1, 0.15) is 40.9 Å². The Hall–Kier alpha value is -3.89. The molecule has 1 aliphatic rings. The van der Waals surface area contributed by atoms with Crippen LogP contribution in [0.15, 0.2) is 71.1 Å². The number of rotatable bonds is 6. The molecule has 0 spiro atoms. The molecule has 2 aromatic heterocycles. The first-order valence-electron chi connectivity index (χ1n) is 11.9. The number of aromatic nitrogens is 2. The molecule has 0 aliphatic heterocycles. The number of hydrogen-bond donors (Lipinski definition) is 3.